The third-order valence-corrected chi connectivity index (χ3v) is 3.82. The van der Waals surface area contributed by atoms with Crippen molar-refractivity contribution in [1.82, 2.24) is 4.90 Å². The molecule has 0 bridgehead atoms. The molecule has 0 atom stereocenters. The number of Topliss-reactive ketones (excluding diaryl/α,β-unsaturated/α-hetero) is 1. The molecular weight excluding hydrogens is 270 g/mol. The predicted molar refractivity (Wildman–Crippen MR) is 91.5 cm³/mol. The number of carbonyl (C=O) groups excluding carboxylic acids is 1. The van der Waals surface area contributed by atoms with Crippen molar-refractivity contribution in [2.45, 2.75) is 33.4 Å². The van der Waals surface area contributed by atoms with Crippen molar-refractivity contribution in [3.05, 3.63) is 71.8 Å². The van der Waals surface area contributed by atoms with Crippen LogP contribution in [0.5, 0.6) is 0 Å². The van der Waals surface area contributed by atoms with Crippen LogP contribution >= 0.6 is 0 Å². The Morgan fingerprint density at radius 2 is 1.32 bits per heavy atom. The molecule has 0 heterocycles. The number of hydrogen-bond acceptors (Lipinski definition) is 2. The van der Waals surface area contributed by atoms with Crippen LogP contribution in [0.15, 0.2) is 60.7 Å². The average Bonchev–Trinajstić information content (AvgIpc) is 2.54. The molecule has 2 aromatic rings. The number of ketones is 1. The van der Waals surface area contributed by atoms with Gasteiger partial charge in [-0.1, -0.05) is 74.5 Å². The molecular formula is C20H25NO. The van der Waals surface area contributed by atoms with E-state index in [0.29, 0.717) is 12.2 Å². The summed E-state index contributed by atoms with van der Waals surface area (Å²) in [5.74, 6) is 0.460. The maximum atomic E-state index is 11.9. The van der Waals surface area contributed by atoms with E-state index in [1.54, 1.807) is 0 Å². The molecule has 0 unspecified atom stereocenters. The Labute approximate surface area is 133 Å². The zero-order valence-corrected chi connectivity index (χ0v) is 13.5. The van der Waals surface area contributed by atoms with Gasteiger partial charge in [-0.2, -0.15) is 0 Å². The topological polar surface area (TPSA) is 20.3 Å². The van der Waals surface area contributed by atoms with Crippen molar-refractivity contribution in [2.24, 2.45) is 5.92 Å². The highest BCUT2D eigenvalue weighted by Gasteiger charge is 2.12. The second kappa shape index (κ2) is 8.50. The summed E-state index contributed by atoms with van der Waals surface area (Å²) in [7, 11) is 0. The molecule has 22 heavy (non-hydrogen) atoms. The smallest absolute Gasteiger partial charge is 0.136 e. The SMILES string of the molecule is CC(C)C(=O)CCN(Cc1ccccc1)Cc1ccccc1. The number of hydrogen-bond donors (Lipinski definition) is 0. The second-order valence-electron chi connectivity index (χ2n) is 6.05. The minimum atomic E-state index is 0.121. The molecule has 116 valence electrons. The summed E-state index contributed by atoms with van der Waals surface area (Å²) in [5, 5.41) is 0. The van der Waals surface area contributed by atoms with Crippen LogP contribution in [0.25, 0.3) is 0 Å². The molecule has 0 saturated heterocycles. The molecule has 0 radical (unpaired) electrons. The summed E-state index contributed by atoms with van der Waals surface area (Å²) < 4.78 is 0. The molecule has 0 aliphatic rings. The van der Waals surface area contributed by atoms with Crippen LogP contribution in [0.1, 0.15) is 31.4 Å². The standard InChI is InChI=1S/C20H25NO/c1-17(2)20(22)13-14-21(15-18-9-5-3-6-10-18)16-19-11-7-4-8-12-19/h3-12,17H,13-16H2,1-2H3. The van der Waals surface area contributed by atoms with Crippen molar-refractivity contribution < 1.29 is 4.79 Å². The minimum absolute atomic E-state index is 0.121. The van der Waals surface area contributed by atoms with E-state index >= 15 is 0 Å². The Bertz CT molecular complexity index is 521. The van der Waals surface area contributed by atoms with E-state index in [1.807, 2.05) is 26.0 Å². The molecule has 0 fully saturated rings. The van der Waals surface area contributed by atoms with Crippen molar-refractivity contribution in [2.75, 3.05) is 6.54 Å². The molecule has 0 N–H and O–H groups in total. The first kappa shape index (κ1) is 16.4. The van der Waals surface area contributed by atoms with Crippen molar-refractivity contribution in [1.29, 1.82) is 0 Å². The third kappa shape index (κ3) is 5.45. The highest BCUT2D eigenvalue weighted by Crippen LogP contribution is 2.11. The second-order valence-corrected chi connectivity index (χ2v) is 6.05. The van der Waals surface area contributed by atoms with Crippen LogP contribution in [0.2, 0.25) is 0 Å². The Hall–Kier alpha value is -1.93. The first-order valence-electron chi connectivity index (χ1n) is 7.98. The molecule has 0 aromatic heterocycles. The maximum Gasteiger partial charge on any atom is 0.136 e. The average molecular weight is 295 g/mol. The first-order chi connectivity index (χ1) is 10.6. The summed E-state index contributed by atoms with van der Waals surface area (Å²) in [6.07, 6.45) is 0.622. The molecule has 0 aliphatic carbocycles. The quantitative estimate of drug-likeness (QED) is 0.723. The van der Waals surface area contributed by atoms with Crippen molar-refractivity contribution in [3.63, 3.8) is 0 Å². The summed E-state index contributed by atoms with van der Waals surface area (Å²) in [6.45, 7) is 6.51. The maximum absolute atomic E-state index is 11.9. The van der Waals surface area contributed by atoms with Gasteiger partial charge in [0, 0.05) is 32.0 Å². The van der Waals surface area contributed by atoms with Crippen LogP contribution < -0.4 is 0 Å². The van der Waals surface area contributed by atoms with Gasteiger partial charge in [0.1, 0.15) is 5.78 Å². The van der Waals surface area contributed by atoms with Gasteiger partial charge in [-0.05, 0) is 11.1 Å². The van der Waals surface area contributed by atoms with Crippen LogP contribution in [0, 0.1) is 5.92 Å². The van der Waals surface area contributed by atoms with E-state index in [4.69, 9.17) is 0 Å². The molecule has 2 rings (SSSR count). The highest BCUT2D eigenvalue weighted by molar-refractivity contribution is 5.80. The Morgan fingerprint density at radius 3 is 1.73 bits per heavy atom. The van der Waals surface area contributed by atoms with E-state index in [1.165, 1.54) is 11.1 Å². The van der Waals surface area contributed by atoms with E-state index in [-0.39, 0.29) is 5.92 Å². The Morgan fingerprint density at radius 1 is 0.864 bits per heavy atom. The molecule has 2 heteroatoms. The fourth-order valence-electron chi connectivity index (χ4n) is 2.45. The van der Waals surface area contributed by atoms with E-state index in [0.717, 1.165) is 19.6 Å². The van der Waals surface area contributed by atoms with Gasteiger partial charge in [0.05, 0.1) is 0 Å². The van der Waals surface area contributed by atoms with Gasteiger partial charge >= 0.3 is 0 Å². The summed E-state index contributed by atoms with van der Waals surface area (Å²) in [5.41, 5.74) is 2.57. The van der Waals surface area contributed by atoms with E-state index in [9.17, 15) is 4.79 Å². The van der Waals surface area contributed by atoms with Gasteiger partial charge in [-0.25, -0.2) is 0 Å². The molecule has 0 saturated carbocycles. The van der Waals surface area contributed by atoms with Crippen LogP contribution in [-0.2, 0) is 17.9 Å². The van der Waals surface area contributed by atoms with E-state index < -0.39 is 0 Å². The fourth-order valence-corrected chi connectivity index (χ4v) is 2.45. The first-order valence-corrected chi connectivity index (χ1v) is 7.98. The Kier molecular flexibility index (Phi) is 6.35. The van der Waals surface area contributed by atoms with E-state index in [2.05, 4.69) is 53.4 Å². The number of nitrogens with zero attached hydrogens (tertiary/aromatic N) is 1. The van der Waals surface area contributed by atoms with Gasteiger partial charge in [0.25, 0.3) is 0 Å². The minimum Gasteiger partial charge on any atom is -0.299 e. The summed E-state index contributed by atoms with van der Waals surface area (Å²) in [6, 6.07) is 20.9. The molecule has 0 amide bonds. The Balaban J connectivity index is 2.01. The van der Waals surface area contributed by atoms with Crippen LogP contribution in [0.3, 0.4) is 0 Å². The van der Waals surface area contributed by atoms with Crippen molar-refractivity contribution in [3.8, 4) is 0 Å². The van der Waals surface area contributed by atoms with Crippen LogP contribution in [-0.4, -0.2) is 17.2 Å². The zero-order valence-electron chi connectivity index (χ0n) is 13.5. The normalized spacial score (nSPS) is 11.1. The van der Waals surface area contributed by atoms with Gasteiger partial charge in [-0.15, -0.1) is 0 Å². The lowest BCUT2D eigenvalue weighted by atomic mass is 10.1. The molecule has 2 aromatic carbocycles. The summed E-state index contributed by atoms with van der Waals surface area (Å²) in [4.78, 5) is 14.3. The zero-order chi connectivity index (χ0) is 15.8. The predicted octanol–water partition coefficient (Wildman–Crippen LogP) is 4.30. The lowest BCUT2D eigenvalue weighted by molar-refractivity contribution is -0.122. The largest absolute Gasteiger partial charge is 0.299 e. The number of carbonyl (C=O) groups is 1. The lowest BCUT2D eigenvalue weighted by Gasteiger charge is -2.22. The van der Waals surface area contributed by atoms with Gasteiger partial charge in [0.2, 0.25) is 0 Å². The van der Waals surface area contributed by atoms with Gasteiger partial charge in [-0.3, -0.25) is 9.69 Å². The third-order valence-electron chi connectivity index (χ3n) is 3.82. The van der Waals surface area contributed by atoms with Gasteiger partial charge < -0.3 is 0 Å². The fraction of sp³-hybridized carbons (Fsp3) is 0.350. The monoisotopic (exact) mass is 295 g/mol. The highest BCUT2D eigenvalue weighted by atomic mass is 16.1. The number of benzene rings is 2. The lowest BCUT2D eigenvalue weighted by Crippen LogP contribution is -2.26. The van der Waals surface area contributed by atoms with Crippen LogP contribution in [0.4, 0.5) is 0 Å². The molecule has 0 spiro atoms. The molecule has 0 aliphatic heterocycles. The molecule has 2 nitrogen and oxygen atoms in total. The number of rotatable bonds is 8. The summed E-state index contributed by atoms with van der Waals surface area (Å²) >= 11 is 0. The van der Waals surface area contributed by atoms with Crippen molar-refractivity contribution >= 4 is 5.78 Å². The van der Waals surface area contributed by atoms with Gasteiger partial charge in [0.15, 0.2) is 0 Å².